The first-order valence-electron chi connectivity index (χ1n) is 4.62. The van der Waals surface area contributed by atoms with Crippen molar-refractivity contribution < 1.29 is 17.9 Å². The second-order valence-electron chi connectivity index (χ2n) is 3.47. The van der Waals surface area contributed by atoms with Crippen LogP contribution >= 0.6 is 0 Å². The highest BCUT2D eigenvalue weighted by atomic mass is 19.4. The van der Waals surface area contributed by atoms with Gasteiger partial charge in [0.2, 0.25) is 11.9 Å². The van der Waals surface area contributed by atoms with Crippen molar-refractivity contribution in [3.8, 4) is 6.01 Å². The minimum atomic E-state index is -4.49. The molecule has 2 N–H and O–H groups in total. The molecule has 1 atom stereocenters. The van der Waals surface area contributed by atoms with Gasteiger partial charge in [0.15, 0.2) is 6.10 Å². The number of aromatic nitrogens is 3. The highest BCUT2D eigenvalue weighted by molar-refractivity contribution is 5.33. The SMILES string of the molecule is CC(Oc1nc(N)nc(N(C)C)n1)C(F)(F)F. The third-order valence-electron chi connectivity index (χ3n) is 1.76. The number of ether oxygens (including phenoxy) is 1. The number of hydrogen-bond acceptors (Lipinski definition) is 6. The van der Waals surface area contributed by atoms with Crippen LogP contribution in [0.2, 0.25) is 0 Å². The Kier molecular flexibility index (Phi) is 3.59. The van der Waals surface area contributed by atoms with Gasteiger partial charge in [-0.2, -0.15) is 28.1 Å². The molecule has 1 unspecified atom stereocenters. The molecule has 0 saturated heterocycles. The fourth-order valence-corrected chi connectivity index (χ4v) is 0.839. The number of alkyl halides is 3. The Hall–Kier alpha value is -1.80. The topological polar surface area (TPSA) is 77.2 Å². The van der Waals surface area contributed by atoms with Crippen LogP contribution in [0, 0.1) is 0 Å². The van der Waals surface area contributed by atoms with Crippen LogP contribution in [0.1, 0.15) is 6.92 Å². The van der Waals surface area contributed by atoms with E-state index >= 15 is 0 Å². The van der Waals surface area contributed by atoms with Crippen molar-refractivity contribution in [2.45, 2.75) is 19.2 Å². The highest BCUT2D eigenvalue weighted by Crippen LogP contribution is 2.23. The van der Waals surface area contributed by atoms with E-state index in [0.717, 1.165) is 6.92 Å². The zero-order valence-corrected chi connectivity index (χ0v) is 9.49. The average molecular weight is 251 g/mol. The zero-order chi connectivity index (χ0) is 13.2. The lowest BCUT2D eigenvalue weighted by molar-refractivity contribution is -0.190. The average Bonchev–Trinajstić information content (AvgIpc) is 2.14. The maximum atomic E-state index is 12.3. The Morgan fingerprint density at radius 1 is 1.24 bits per heavy atom. The van der Waals surface area contributed by atoms with Crippen LogP contribution in [-0.2, 0) is 0 Å². The van der Waals surface area contributed by atoms with Crippen molar-refractivity contribution in [1.29, 1.82) is 0 Å². The normalized spacial score (nSPS) is 13.3. The summed E-state index contributed by atoms with van der Waals surface area (Å²) in [4.78, 5) is 12.4. The summed E-state index contributed by atoms with van der Waals surface area (Å²) in [7, 11) is 3.23. The molecule has 9 heteroatoms. The van der Waals surface area contributed by atoms with Crippen molar-refractivity contribution in [2.24, 2.45) is 0 Å². The Morgan fingerprint density at radius 3 is 2.29 bits per heavy atom. The number of nitrogen functional groups attached to an aromatic ring is 1. The lowest BCUT2D eigenvalue weighted by Crippen LogP contribution is -2.32. The van der Waals surface area contributed by atoms with Crippen LogP contribution < -0.4 is 15.4 Å². The molecule has 0 aromatic carbocycles. The summed E-state index contributed by atoms with van der Waals surface area (Å²) < 4.78 is 41.3. The summed E-state index contributed by atoms with van der Waals surface area (Å²) >= 11 is 0. The summed E-state index contributed by atoms with van der Waals surface area (Å²) in [5.74, 6) is -0.0741. The second kappa shape index (κ2) is 4.60. The maximum Gasteiger partial charge on any atom is 0.425 e. The minimum Gasteiger partial charge on any atom is -0.451 e. The third kappa shape index (κ3) is 3.61. The molecule has 17 heavy (non-hydrogen) atoms. The van der Waals surface area contributed by atoms with Gasteiger partial charge in [0, 0.05) is 14.1 Å². The van der Waals surface area contributed by atoms with Gasteiger partial charge in [-0.1, -0.05) is 0 Å². The van der Waals surface area contributed by atoms with E-state index in [0.29, 0.717) is 0 Å². The van der Waals surface area contributed by atoms with Gasteiger partial charge in [-0.15, -0.1) is 0 Å². The molecule has 0 saturated carbocycles. The van der Waals surface area contributed by atoms with E-state index in [-0.39, 0.29) is 11.9 Å². The van der Waals surface area contributed by atoms with E-state index in [1.54, 1.807) is 14.1 Å². The zero-order valence-electron chi connectivity index (χ0n) is 9.49. The van der Waals surface area contributed by atoms with Gasteiger partial charge in [0.25, 0.3) is 0 Å². The quantitative estimate of drug-likeness (QED) is 0.858. The largest absolute Gasteiger partial charge is 0.451 e. The number of hydrogen-bond donors (Lipinski definition) is 1. The molecule has 0 amide bonds. The Balaban J connectivity index is 2.92. The molecule has 0 bridgehead atoms. The van der Waals surface area contributed by atoms with Gasteiger partial charge < -0.3 is 15.4 Å². The van der Waals surface area contributed by atoms with Crippen molar-refractivity contribution in [3.05, 3.63) is 0 Å². The molecule has 0 spiro atoms. The smallest absolute Gasteiger partial charge is 0.425 e. The van der Waals surface area contributed by atoms with E-state index in [9.17, 15) is 13.2 Å². The van der Waals surface area contributed by atoms with E-state index < -0.39 is 18.3 Å². The van der Waals surface area contributed by atoms with Gasteiger partial charge in [-0.3, -0.25) is 0 Å². The van der Waals surface area contributed by atoms with Gasteiger partial charge >= 0.3 is 12.2 Å². The third-order valence-corrected chi connectivity index (χ3v) is 1.76. The Morgan fingerprint density at radius 2 is 1.82 bits per heavy atom. The lowest BCUT2D eigenvalue weighted by Gasteiger charge is -2.17. The Bertz CT molecular complexity index is 395. The van der Waals surface area contributed by atoms with Gasteiger partial charge in [-0.05, 0) is 6.92 Å². The van der Waals surface area contributed by atoms with Gasteiger partial charge in [-0.25, -0.2) is 0 Å². The first kappa shape index (κ1) is 13.3. The van der Waals surface area contributed by atoms with Crippen molar-refractivity contribution >= 4 is 11.9 Å². The molecule has 0 aliphatic rings. The van der Waals surface area contributed by atoms with Crippen molar-refractivity contribution in [2.75, 3.05) is 24.7 Å². The van der Waals surface area contributed by atoms with Crippen LogP contribution in [0.3, 0.4) is 0 Å². The minimum absolute atomic E-state index is 0.127. The molecule has 0 fully saturated rings. The van der Waals surface area contributed by atoms with Gasteiger partial charge in [0.1, 0.15) is 0 Å². The van der Waals surface area contributed by atoms with E-state index in [2.05, 4.69) is 19.7 Å². The highest BCUT2D eigenvalue weighted by Gasteiger charge is 2.38. The van der Waals surface area contributed by atoms with Crippen LogP contribution in [0.4, 0.5) is 25.1 Å². The summed E-state index contributed by atoms with van der Waals surface area (Å²) in [5.41, 5.74) is 5.33. The molecule has 96 valence electrons. The molecular weight excluding hydrogens is 239 g/mol. The number of halogens is 3. The second-order valence-corrected chi connectivity index (χ2v) is 3.47. The standard InChI is InChI=1S/C8H12F3N5O/c1-4(8(9,10)11)17-7-14-5(12)13-6(15-7)16(2)3/h4H,1-3H3,(H2,12,13,14,15). The summed E-state index contributed by atoms with van der Waals surface area (Å²) in [6.07, 6.45) is -6.50. The number of nitrogens with zero attached hydrogens (tertiary/aromatic N) is 4. The predicted octanol–water partition coefficient (Wildman–Crippen LogP) is 0.849. The Labute approximate surface area is 95.6 Å². The van der Waals surface area contributed by atoms with Crippen molar-refractivity contribution in [3.63, 3.8) is 0 Å². The van der Waals surface area contributed by atoms with Crippen molar-refractivity contribution in [1.82, 2.24) is 15.0 Å². The first-order valence-corrected chi connectivity index (χ1v) is 4.62. The van der Waals surface area contributed by atoms with Crippen LogP contribution in [0.15, 0.2) is 0 Å². The molecule has 6 nitrogen and oxygen atoms in total. The number of nitrogens with two attached hydrogens (primary N) is 1. The van der Waals surface area contributed by atoms with E-state index in [4.69, 9.17) is 5.73 Å². The molecule has 1 aromatic heterocycles. The van der Waals surface area contributed by atoms with Gasteiger partial charge in [0.05, 0.1) is 0 Å². The number of anilines is 2. The maximum absolute atomic E-state index is 12.3. The molecule has 0 radical (unpaired) electrons. The van der Waals surface area contributed by atoms with E-state index in [1.807, 2.05) is 0 Å². The fraction of sp³-hybridized carbons (Fsp3) is 0.625. The summed E-state index contributed by atoms with van der Waals surface area (Å²) in [5, 5.41) is 0. The molecular formula is C8H12F3N5O. The summed E-state index contributed by atoms with van der Waals surface area (Å²) in [6.45, 7) is 0.856. The molecule has 1 rings (SSSR count). The summed E-state index contributed by atoms with van der Waals surface area (Å²) in [6, 6.07) is -0.453. The first-order chi connectivity index (χ1) is 7.70. The monoisotopic (exact) mass is 251 g/mol. The van der Waals surface area contributed by atoms with Crippen LogP contribution in [-0.4, -0.2) is 41.3 Å². The van der Waals surface area contributed by atoms with Crippen LogP contribution in [0.25, 0.3) is 0 Å². The fourth-order valence-electron chi connectivity index (χ4n) is 0.839. The molecule has 0 aliphatic heterocycles. The van der Waals surface area contributed by atoms with Crippen LogP contribution in [0.5, 0.6) is 6.01 Å². The molecule has 1 heterocycles. The number of rotatable bonds is 3. The predicted molar refractivity (Wildman–Crippen MR) is 54.7 cm³/mol. The van der Waals surface area contributed by atoms with E-state index in [1.165, 1.54) is 4.90 Å². The lowest BCUT2D eigenvalue weighted by atomic mass is 10.4. The molecule has 0 aliphatic carbocycles. The molecule has 1 aromatic rings.